The molecule has 1 atom stereocenters. The zero-order valence-corrected chi connectivity index (χ0v) is 10.1. The Hall–Kier alpha value is -1.95. The first-order valence-corrected chi connectivity index (χ1v) is 5.75. The molecule has 1 aromatic heterocycles. The van der Waals surface area contributed by atoms with Gasteiger partial charge in [0, 0.05) is 38.7 Å². The molecule has 2 heterocycles. The molecular formula is C12H15N3O3. The van der Waals surface area contributed by atoms with Crippen LogP contribution >= 0.6 is 0 Å². The number of aromatic nitrogens is 1. The summed E-state index contributed by atoms with van der Waals surface area (Å²) in [6, 6.07) is 3.28. The number of amides is 2. The van der Waals surface area contributed by atoms with Crippen LogP contribution in [0.15, 0.2) is 18.3 Å². The topological polar surface area (TPSA) is 82.5 Å². The van der Waals surface area contributed by atoms with Crippen molar-refractivity contribution in [3.63, 3.8) is 0 Å². The molecule has 6 heteroatoms. The first kappa shape index (κ1) is 12.5. The van der Waals surface area contributed by atoms with E-state index in [0.717, 1.165) is 0 Å². The molecule has 0 spiro atoms. The number of pyridine rings is 1. The van der Waals surface area contributed by atoms with Gasteiger partial charge in [-0.05, 0) is 12.1 Å². The number of aliphatic hydroxyl groups excluding tert-OH is 1. The third-order valence-corrected chi connectivity index (χ3v) is 2.98. The van der Waals surface area contributed by atoms with E-state index in [-0.39, 0.29) is 24.3 Å². The summed E-state index contributed by atoms with van der Waals surface area (Å²) in [6.07, 6.45) is 1.83. The van der Waals surface area contributed by atoms with Crippen LogP contribution in [0, 0.1) is 5.92 Å². The number of aliphatic hydroxyl groups is 1. The summed E-state index contributed by atoms with van der Waals surface area (Å²) in [7, 11) is 1.53. The van der Waals surface area contributed by atoms with Crippen molar-refractivity contribution in [2.45, 2.75) is 6.42 Å². The SMILES string of the molecule is CNC(=O)c1cccnc1N1CC(CO)CC1=O. The van der Waals surface area contributed by atoms with Crippen LogP contribution in [0.4, 0.5) is 5.82 Å². The molecule has 0 aromatic carbocycles. The molecular weight excluding hydrogens is 234 g/mol. The molecule has 2 amide bonds. The van der Waals surface area contributed by atoms with Gasteiger partial charge in [-0.1, -0.05) is 0 Å². The lowest BCUT2D eigenvalue weighted by Gasteiger charge is -2.17. The van der Waals surface area contributed by atoms with E-state index in [9.17, 15) is 9.59 Å². The zero-order valence-electron chi connectivity index (χ0n) is 10.1. The van der Waals surface area contributed by atoms with Crippen LogP contribution in [0.25, 0.3) is 0 Å². The van der Waals surface area contributed by atoms with Crippen molar-refractivity contribution in [2.24, 2.45) is 5.92 Å². The number of carbonyl (C=O) groups is 2. The molecule has 1 aliphatic rings. The van der Waals surface area contributed by atoms with E-state index in [1.54, 1.807) is 18.3 Å². The average Bonchev–Trinajstić information content (AvgIpc) is 2.79. The monoisotopic (exact) mass is 249 g/mol. The Morgan fingerprint density at radius 3 is 3.06 bits per heavy atom. The van der Waals surface area contributed by atoms with Crippen LogP contribution in [0.3, 0.4) is 0 Å². The Kier molecular flexibility index (Phi) is 3.57. The third kappa shape index (κ3) is 2.19. The Morgan fingerprint density at radius 2 is 2.44 bits per heavy atom. The Balaban J connectivity index is 2.34. The van der Waals surface area contributed by atoms with Gasteiger partial charge in [-0.2, -0.15) is 0 Å². The van der Waals surface area contributed by atoms with Gasteiger partial charge in [-0.25, -0.2) is 4.98 Å². The summed E-state index contributed by atoms with van der Waals surface area (Å²) < 4.78 is 0. The van der Waals surface area contributed by atoms with Crippen molar-refractivity contribution in [1.82, 2.24) is 10.3 Å². The number of hydrogen-bond acceptors (Lipinski definition) is 4. The summed E-state index contributed by atoms with van der Waals surface area (Å²) in [4.78, 5) is 29.1. The lowest BCUT2D eigenvalue weighted by Crippen LogP contribution is -2.30. The molecule has 1 aromatic rings. The fraction of sp³-hybridized carbons (Fsp3) is 0.417. The van der Waals surface area contributed by atoms with Gasteiger partial charge in [-0.3, -0.25) is 14.5 Å². The minimum Gasteiger partial charge on any atom is -0.396 e. The molecule has 1 saturated heterocycles. The summed E-state index contributed by atoms with van der Waals surface area (Å²) >= 11 is 0. The van der Waals surface area contributed by atoms with Crippen LogP contribution in [-0.4, -0.2) is 42.1 Å². The molecule has 2 N–H and O–H groups in total. The Bertz CT molecular complexity index is 475. The quantitative estimate of drug-likeness (QED) is 0.776. The average molecular weight is 249 g/mol. The van der Waals surface area contributed by atoms with Crippen molar-refractivity contribution in [3.8, 4) is 0 Å². The zero-order chi connectivity index (χ0) is 13.1. The molecule has 18 heavy (non-hydrogen) atoms. The largest absolute Gasteiger partial charge is 0.396 e. The fourth-order valence-corrected chi connectivity index (χ4v) is 2.03. The van der Waals surface area contributed by atoms with E-state index in [1.165, 1.54) is 11.9 Å². The highest BCUT2D eigenvalue weighted by Gasteiger charge is 2.32. The molecule has 1 fully saturated rings. The summed E-state index contributed by atoms with van der Waals surface area (Å²) in [6.45, 7) is 0.362. The predicted molar refractivity (Wildman–Crippen MR) is 65.2 cm³/mol. The van der Waals surface area contributed by atoms with Gasteiger partial charge in [-0.15, -0.1) is 0 Å². The van der Waals surface area contributed by atoms with E-state index in [1.807, 2.05) is 0 Å². The second-order valence-electron chi connectivity index (χ2n) is 4.21. The van der Waals surface area contributed by atoms with Crippen LogP contribution in [0.2, 0.25) is 0 Å². The van der Waals surface area contributed by atoms with Crippen molar-refractivity contribution in [1.29, 1.82) is 0 Å². The lowest BCUT2D eigenvalue weighted by atomic mass is 10.1. The first-order valence-electron chi connectivity index (χ1n) is 5.75. The summed E-state index contributed by atoms with van der Waals surface area (Å²) in [5.41, 5.74) is 0.368. The second kappa shape index (κ2) is 5.14. The number of anilines is 1. The normalized spacial score (nSPS) is 19.1. The molecule has 0 aliphatic carbocycles. The maximum absolute atomic E-state index is 11.9. The van der Waals surface area contributed by atoms with Gasteiger partial charge in [0.05, 0.1) is 5.56 Å². The van der Waals surface area contributed by atoms with E-state index in [2.05, 4.69) is 10.3 Å². The van der Waals surface area contributed by atoms with Crippen molar-refractivity contribution >= 4 is 17.6 Å². The highest BCUT2D eigenvalue weighted by molar-refractivity contribution is 6.04. The van der Waals surface area contributed by atoms with E-state index in [4.69, 9.17) is 5.11 Å². The molecule has 6 nitrogen and oxygen atoms in total. The van der Waals surface area contributed by atoms with Gasteiger partial charge in [0.1, 0.15) is 5.82 Å². The Labute approximate surface area is 105 Å². The highest BCUT2D eigenvalue weighted by Crippen LogP contribution is 2.25. The number of rotatable bonds is 3. The van der Waals surface area contributed by atoms with Crippen molar-refractivity contribution in [2.75, 3.05) is 25.1 Å². The maximum atomic E-state index is 11.9. The third-order valence-electron chi connectivity index (χ3n) is 2.98. The standard InChI is InChI=1S/C12H15N3O3/c1-13-12(18)9-3-2-4-14-11(9)15-6-8(7-16)5-10(15)17/h2-4,8,16H,5-7H2,1H3,(H,13,18). The van der Waals surface area contributed by atoms with Crippen LogP contribution in [-0.2, 0) is 4.79 Å². The number of hydrogen-bond donors (Lipinski definition) is 2. The summed E-state index contributed by atoms with van der Waals surface area (Å²) in [5, 5.41) is 11.6. The van der Waals surface area contributed by atoms with Gasteiger partial charge < -0.3 is 10.4 Å². The molecule has 0 radical (unpaired) electrons. The molecule has 0 saturated carbocycles. The molecule has 96 valence electrons. The van der Waals surface area contributed by atoms with Gasteiger partial charge in [0.2, 0.25) is 5.91 Å². The molecule has 1 unspecified atom stereocenters. The molecule has 0 bridgehead atoms. The lowest BCUT2D eigenvalue weighted by molar-refractivity contribution is -0.117. The predicted octanol–water partition coefficient (Wildman–Crippen LogP) is -0.214. The fourth-order valence-electron chi connectivity index (χ4n) is 2.03. The van der Waals surface area contributed by atoms with Crippen molar-refractivity contribution < 1.29 is 14.7 Å². The van der Waals surface area contributed by atoms with E-state index < -0.39 is 0 Å². The molecule has 1 aliphatic heterocycles. The minimum atomic E-state index is -0.279. The van der Waals surface area contributed by atoms with Gasteiger partial charge in [0.25, 0.3) is 5.91 Å². The number of carbonyl (C=O) groups excluding carboxylic acids is 2. The van der Waals surface area contributed by atoms with Crippen molar-refractivity contribution in [3.05, 3.63) is 23.9 Å². The second-order valence-corrected chi connectivity index (χ2v) is 4.21. The first-order chi connectivity index (χ1) is 8.67. The number of nitrogens with one attached hydrogen (secondary N) is 1. The summed E-state index contributed by atoms with van der Waals surface area (Å²) in [5.74, 6) is -0.119. The van der Waals surface area contributed by atoms with E-state index in [0.29, 0.717) is 24.3 Å². The van der Waals surface area contributed by atoms with Gasteiger partial charge >= 0.3 is 0 Å². The smallest absolute Gasteiger partial charge is 0.254 e. The van der Waals surface area contributed by atoms with Gasteiger partial charge in [0.15, 0.2) is 0 Å². The minimum absolute atomic E-state index is 0.0373. The molecule has 2 rings (SSSR count). The number of nitrogens with zero attached hydrogens (tertiary/aromatic N) is 2. The van der Waals surface area contributed by atoms with Crippen LogP contribution in [0.1, 0.15) is 16.8 Å². The maximum Gasteiger partial charge on any atom is 0.254 e. The van der Waals surface area contributed by atoms with Crippen LogP contribution < -0.4 is 10.2 Å². The Morgan fingerprint density at radius 1 is 1.67 bits per heavy atom. The van der Waals surface area contributed by atoms with E-state index >= 15 is 0 Å². The van der Waals surface area contributed by atoms with Crippen LogP contribution in [0.5, 0.6) is 0 Å². The highest BCUT2D eigenvalue weighted by atomic mass is 16.3.